The molecule has 4 nitrogen and oxygen atoms in total. The molecule has 0 atom stereocenters. The van der Waals surface area contributed by atoms with Gasteiger partial charge in [0.1, 0.15) is 11.2 Å². The van der Waals surface area contributed by atoms with Crippen molar-refractivity contribution in [1.82, 2.24) is 15.0 Å². The van der Waals surface area contributed by atoms with Gasteiger partial charge in [-0.3, -0.25) is 0 Å². The molecule has 220 valence electrons. The third-order valence-corrected chi connectivity index (χ3v) is 7.85. The number of hydrogen-bond donors (Lipinski definition) is 0. The van der Waals surface area contributed by atoms with Crippen molar-refractivity contribution < 1.29 is 18.1 Å². The zero-order valence-electron chi connectivity index (χ0n) is 34.6. The maximum atomic E-state index is 9.33. The molecular weight excluding hydrogens is 574 g/mol. The first-order chi connectivity index (χ1) is 27.5. The van der Waals surface area contributed by atoms with Crippen LogP contribution in [0.15, 0.2) is 168 Å². The minimum atomic E-state index is -0.511. The van der Waals surface area contributed by atoms with E-state index in [4.69, 9.17) is 11.3 Å². The highest BCUT2D eigenvalue weighted by Gasteiger charge is 2.15. The maximum Gasteiger partial charge on any atom is 0.164 e. The maximum absolute atomic E-state index is 9.33. The summed E-state index contributed by atoms with van der Waals surface area (Å²) < 4.78 is 97.5. The largest absolute Gasteiger partial charge is 0.456 e. The van der Waals surface area contributed by atoms with Crippen molar-refractivity contribution in [3.8, 4) is 56.4 Å². The minimum Gasteiger partial charge on any atom is -0.456 e. The predicted molar refractivity (Wildman–Crippen MR) is 192 cm³/mol. The Kier molecular flexibility index (Phi) is 4.42. The van der Waals surface area contributed by atoms with Crippen LogP contribution >= 0.6 is 0 Å². The van der Waals surface area contributed by atoms with Crippen LogP contribution in [0.1, 0.15) is 13.7 Å². The second-order valence-corrected chi connectivity index (χ2v) is 10.8. The van der Waals surface area contributed by atoms with Crippen LogP contribution in [-0.4, -0.2) is 15.0 Å². The van der Waals surface area contributed by atoms with Gasteiger partial charge in [-0.05, 0) is 57.2 Å². The fourth-order valence-electron chi connectivity index (χ4n) is 5.59. The lowest BCUT2D eigenvalue weighted by Crippen LogP contribution is -2.00. The van der Waals surface area contributed by atoms with E-state index < -0.39 is 36.3 Å². The standard InChI is InChI=1S/C43H27N3O/c1-3-10-28(11-4-1)32-22-23-34-27-35(25-24-33(34)26-32)43-45-41(30-12-5-2-6-13-30)44-42(46-43)31-20-18-29(19-21-31)36-15-9-17-39-40(36)37-14-7-8-16-38(37)47-39/h1-27H/i18D,19D,20D,21D,22D,23D,24D,25D,26D,27D. The number of fused-ring (bicyclic) bond motifs is 4. The summed E-state index contributed by atoms with van der Waals surface area (Å²) in [6, 6.07) is 25.9. The Morgan fingerprint density at radius 3 is 1.68 bits per heavy atom. The van der Waals surface area contributed by atoms with Crippen molar-refractivity contribution in [3.63, 3.8) is 0 Å². The van der Waals surface area contributed by atoms with Crippen LogP contribution in [0.4, 0.5) is 0 Å². The molecule has 9 rings (SSSR count). The van der Waals surface area contributed by atoms with E-state index in [0.29, 0.717) is 33.2 Å². The van der Waals surface area contributed by atoms with E-state index in [9.17, 15) is 6.85 Å². The fraction of sp³-hybridized carbons (Fsp3) is 0. The smallest absolute Gasteiger partial charge is 0.164 e. The minimum absolute atomic E-state index is 0.0319. The summed E-state index contributed by atoms with van der Waals surface area (Å²) in [7, 11) is 0. The Bertz CT molecular complexity index is 3110. The molecule has 0 aliphatic rings. The molecule has 47 heavy (non-hydrogen) atoms. The molecule has 0 amide bonds. The SMILES string of the molecule is [2H]c1c([2H])c(-c2cccc3oc4ccccc4c23)c([2H])c([2H])c1-c1nc(-c2ccccc2)nc(-c2c([2H])c([2H])c3c([2H])c(-c4ccccc4)c([2H])c([2H])c3c2[2H])n1. The number of furan rings is 1. The molecule has 7 aromatic carbocycles. The molecule has 2 aromatic heterocycles. The summed E-state index contributed by atoms with van der Waals surface area (Å²) in [5.41, 5.74) is 2.17. The number of aromatic nitrogens is 3. The molecule has 0 aliphatic carbocycles. The number of nitrogens with zero attached hydrogens (tertiary/aromatic N) is 3. The van der Waals surface area contributed by atoms with Crippen LogP contribution in [0, 0.1) is 0 Å². The van der Waals surface area contributed by atoms with E-state index in [1.807, 2.05) is 24.3 Å². The highest BCUT2D eigenvalue weighted by atomic mass is 16.3. The summed E-state index contributed by atoms with van der Waals surface area (Å²) in [6.07, 6.45) is 0. The lowest BCUT2D eigenvalue weighted by Gasteiger charge is -2.10. The number of para-hydroxylation sites is 1. The molecule has 0 unspecified atom stereocenters. The lowest BCUT2D eigenvalue weighted by molar-refractivity contribution is 0.669. The Morgan fingerprint density at radius 1 is 0.404 bits per heavy atom. The van der Waals surface area contributed by atoms with Crippen LogP contribution in [0.3, 0.4) is 0 Å². The second kappa shape index (κ2) is 11.2. The van der Waals surface area contributed by atoms with Gasteiger partial charge in [0.15, 0.2) is 17.5 Å². The van der Waals surface area contributed by atoms with E-state index in [2.05, 4.69) is 15.0 Å². The summed E-state index contributed by atoms with van der Waals surface area (Å²) in [4.78, 5) is 13.8. The van der Waals surface area contributed by atoms with Gasteiger partial charge in [0.25, 0.3) is 0 Å². The van der Waals surface area contributed by atoms with Gasteiger partial charge in [0.05, 0.1) is 13.7 Å². The number of rotatable bonds is 5. The van der Waals surface area contributed by atoms with Crippen LogP contribution in [0.2, 0.25) is 0 Å². The van der Waals surface area contributed by atoms with E-state index in [1.54, 1.807) is 78.9 Å². The van der Waals surface area contributed by atoms with Crippen LogP contribution in [-0.2, 0) is 0 Å². The summed E-state index contributed by atoms with van der Waals surface area (Å²) in [5, 5.41) is 1.06. The van der Waals surface area contributed by atoms with E-state index >= 15 is 0 Å². The van der Waals surface area contributed by atoms with Gasteiger partial charge in [0.2, 0.25) is 0 Å². The molecule has 0 fully saturated rings. The van der Waals surface area contributed by atoms with Gasteiger partial charge in [-0.25, -0.2) is 15.0 Å². The number of benzene rings is 7. The predicted octanol–water partition coefficient (Wildman–Crippen LogP) is 11.3. The van der Waals surface area contributed by atoms with Crippen molar-refractivity contribution in [2.24, 2.45) is 0 Å². The molecule has 4 heteroatoms. The highest BCUT2D eigenvalue weighted by Crippen LogP contribution is 2.37. The third kappa shape index (κ3) is 4.93. The van der Waals surface area contributed by atoms with Gasteiger partial charge >= 0.3 is 0 Å². The summed E-state index contributed by atoms with van der Waals surface area (Å²) >= 11 is 0. The van der Waals surface area contributed by atoms with Gasteiger partial charge in [0, 0.05) is 27.5 Å². The second-order valence-electron chi connectivity index (χ2n) is 10.8. The third-order valence-electron chi connectivity index (χ3n) is 7.85. The van der Waals surface area contributed by atoms with Gasteiger partial charge < -0.3 is 4.42 Å². The first kappa shape index (κ1) is 18.5. The van der Waals surface area contributed by atoms with Crippen molar-refractivity contribution in [1.29, 1.82) is 0 Å². The Morgan fingerprint density at radius 2 is 0.936 bits per heavy atom. The Balaban J connectivity index is 1.31. The molecule has 9 aromatic rings. The topological polar surface area (TPSA) is 51.8 Å². The summed E-state index contributed by atoms with van der Waals surface area (Å²) in [6.45, 7) is 0. The molecule has 0 spiro atoms. The zero-order valence-corrected chi connectivity index (χ0v) is 24.6. The van der Waals surface area contributed by atoms with E-state index in [0.717, 1.165) is 5.39 Å². The summed E-state index contributed by atoms with van der Waals surface area (Å²) in [5.74, 6) is -0.526. The first-order valence-electron chi connectivity index (χ1n) is 19.9. The van der Waals surface area contributed by atoms with Crippen LogP contribution in [0.5, 0.6) is 0 Å². The van der Waals surface area contributed by atoms with Crippen molar-refractivity contribution in [2.45, 2.75) is 0 Å². The monoisotopic (exact) mass is 611 g/mol. The normalized spacial score (nSPS) is 14.4. The number of hydrogen-bond acceptors (Lipinski definition) is 4. The van der Waals surface area contributed by atoms with Crippen LogP contribution < -0.4 is 0 Å². The molecule has 0 aliphatic heterocycles. The quantitative estimate of drug-likeness (QED) is 0.194. The fourth-order valence-corrected chi connectivity index (χ4v) is 5.59. The van der Waals surface area contributed by atoms with E-state index in [-0.39, 0.29) is 74.7 Å². The first-order valence-corrected chi connectivity index (χ1v) is 14.9. The molecule has 0 N–H and O–H groups in total. The zero-order chi connectivity index (χ0) is 39.9. The highest BCUT2D eigenvalue weighted by molar-refractivity contribution is 6.12. The average molecular weight is 612 g/mol. The van der Waals surface area contributed by atoms with Gasteiger partial charge in [-0.15, -0.1) is 0 Å². The van der Waals surface area contributed by atoms with E-state index in [1.165, 1.54) is 0 Å². The average Bonchev–Trinajstić information content (AvgIpc) is 3.61. The van der Waals surface area contributed by atoms with Gasteiger partial charge in [-0.1, -0.05) is 139 Å². The molecular formula is C43H27N3O. The Hall–Kier alpha value is -6.39. The van der Waals surface area contributed by atoms with Crippen molar-refractivity contribution in [3.05, 3.63) is 164 Å². The van der Waals surface area contributed by atoms with Crippen molar-refractivity contribution in [2.75, 3.05) is 0 Å². The molecule has 0 bridgehead atoms. The molecule has 0 saturated carbocycles. The molecule has 0 radical (unpaired) electrons. The molecule has 2 heterocycles. The Labute approximate surface area is 285 Å². The van der Waals surface area contributed by atoms with Crippen LogP contribution in [0.25, 0.3) is 89.1 Å². The van der Waals surface area contributed by atoms with Crippen molar-refractivity contribution >= 4 is 32.7 Å². The lowest BCUT2D eigenvalue weighted by atomic mass is 9.98. The van der Waals surface area contributed by atoms with Gasteiger partial charge in [-0.2, -0.15) is 0 Å². The molecule has 0 saturated heterocycles.